The number of hydrogen-bond donors (Lipinski definition) is 0. The smallest absolute Gasteiger partial charge is 0.302 e. The molecule has 2 fully saturated rings. The second-order valence-corrected chi connectivity index (χ2v) is 7.87. The lowest BCUT2D eigenvalue weighted by Crippen LogP contribution is -2.53. The molecule has 0 N–H and O–H groups in total. The number of esters is 1. The van der Waals surface area contributed by atoms with E-state index in [1.165, 1.54) is 25.1 Å². The zero-order valence-corrected chi connectivity index (χ0v) is 17.0. The minimum atomic E-state index is -0.994. The largest absolute Gasteiger partial charge is 0.463 e. The van der Waals surface area contributed by atoms with Gasteiger partial charge in [-0.3, -0.25) is 14.4 Å². The molecule has 2 heterocycles. The fraction of sp³-hybridized carbons (Fsp3) is 0.500. The van der Waals surface area contributed by atoms with Crippen LogP contribution < -0.4 is 0 Å². The molecule has 162 valence electrons. The molecular weight excluding hydrogens is 394 g/mol. The van der Waals surface area contributed by atoms with Gasteiger partial charge in [0, 0.05) is 32.6 Å². The van der Waals surface area contributed by atoms with Crippen LogP contribution in [0.2, 0.25) is 0 Å². The Morgan fingerprint density at radius 2 is 1.83 bits per heavy atom. The molecule has 2 saturated heterocycles. The number of benzene rings is 1. The van der Waals surface area contributed by atoms with Crippen molar-refractivity contribution in [3.63, 3.8) is 0 Å². The summed E-state index contributed by atoms with van der Waals surface area (Å²) in [6.07, 6.45) is 5.92. The predicted molar refractivity (Wildman–Crippen MR) is 106 cm³/mol. The van der Waals surface area contributed by atoms with E-state index < -0.39 is 23.1 Å². The van der Waals surface area contributed by atoms with E-state index in [-0.39, 0.29) is 24.8 Å². The standard InChI is InChI=1S/C22H26F2N2O4/c1-16(27)30-15-22(14-21(29)25-10-2-3-11-25)9-4-12-26(22)20(28)8-6-17-5-7-18(23)19(24)13-17/h5-8,13H,2-4,9-12,14-15H2,1H3/b8-6+. The van der Waals surface area contributed by atoms with Crippen LogP contribution >= 0.6 is 0 Å². The van der Waals surface area contributed by atoms with Gasteiger partial charge in [-0.1, -0.05) is 6.07 Å². The number of halogens is 2. The first-order valence-corrected chi connectivity index (χ1v) is 10.2. The Morgan fingerprint density at radius 3 is 2.50 bits per heavy atom. The van der Waals surface area contributed by atoms with Gasteiger partial charge in [0.2, 0.25) is 11.8 Å². The highest BCUT2D eigenvalue weighted by Gasteiger charge is 2.46. The van der Waals surface area contributed by atoms with Crippen molar-refractivity contribution in [1.82, 2.24) is 9.80 Å². The number of amides is 2. The van der Waals surface area contributed by atoms with E-state index in [1.807, 2.05) is 0 Å². The van der Waals surface area contributed by atoms with Gasteiger partial charge in [0.1, 0.15) is 6.61 Å². The highest BCUT2D eigenvalue weighted by Crippen LogP contribution is 2.34. The summed E-state index contributed by atoms with van der Waals surface area (Å²) in [7, 11) is 0. The van der Waals surface area contributed by atoms with Crippen molar-refractivity contribution < 1.29 is 27.9 Å². The van der Waals surface area contributed by atoms with E-state index in [9.17, 15) is 23.2 Å². The maximum atomic E-state index is 13.4. The van der Waals surface area contributed by atoms with Crippen LogP contribution in [0.4, 0.5) is 8.78 Å². The van der Waals surface area contributed by atoms with Crippen LogP contribution in [0.5, 0.6) is 0 Å². The Morgan fingerprint density at radius 1 is 1.10 bits per heavy atom. The Hall–Kier alpha value is -2.77. The molecule has 0 spiro atoms. The lowest BCUT2D eigenvalue weighted by atomic mass is 9.91. The summed E-state index contributed by atoms with van der Waals surface area (Å²) in [5.41, 5.74) is -0.555. The fourth-order valence-corrected chi connectivity index (χ4v) is 4.14. The molecule has 1 aromatic carbocycles. The molecule has 1 unspecified atom stereocenters. The van der Waals surface area contributed by atoms with Gasteiger partial charge in [0.15, 0.2) is 11.6 Å². The molecule has 2 amide bonds. The number of carbonyl (C=O) groups excluding carboxylic acids is 3. The maximum absolute atomic E-state index is 13.4. The van der Waals surface area contributed by atoms with E-state index in [0.29, 0.717) is 38.0 Å². The van der Waals surface area contributed by atoms with Crippen molar-refractivity contribution in [1.29, 1.82) is 0 Å². The van der Waals surface area contributed by atoms with Gasteiger partial charge in [-0.2, -0.15) is 0 Å². The molecule has 1 aromatic rings. The predicted octanol–water partition coefficient (Wildman–Crippen LogP) is 2.91. The minimum absolute atomic E-state index is 0.0489. The van der Waals surface area contributed by atoms with E-state index in [4.69, 9.17) is 4.74 Å². The van der Waals surface area contributed by atoms with Crippen molar-refractivity contribution in [3.05, 3.63) is 41.5 Å². The van der Waals surface area contributed by atoms with Crippen LogP contribution in [0.25, 0.3) is 6.08 Å². The number of carbonyl (C=O) groups is 3. The van der Waals surface area contributed by atoms with Gasteiger partial charge in [-0.25, -0.2) is 8.78 Å². The topological polar surface area (TPSA) is 66.9 Å². The Labute approximate surface area is 174 Å². The minimum Gasteiger partial charge on any atom is -0.463 e. The quantitative estimate of drug-likeness (QED) is 0.524. The van der Waals surface area contributed by atoms with Crippen LogP contribution in [0.1, 0.15) is 44.6 Å². The maximum Gasteiger partial charge on any atom is 0.302 e. The van der Waals surface area contributed by atoms with E-state index >= 15 is 0 Å². The molecule has 3 rings (SSSR count). The van der Waals surface area contributed by atoms with E-state index in [0.717, 1.165) is 25.0 Å². The monoisotopic (exact) mass is 420 g/mol. The average molecular weight is 420 g/mol. The summed E-state index contributed by atoms with van der Waals surface area (Å²) in [5.74, 6) is -2.84. The van der Waals surface area contributed by atoms with Crippen LogP contribution in [-0.4, -0.2) is 59.4 Å². The average Bonchev–Trinajstić information content (AvgIpc) is 3.38. The molecule has 0 aliphatic carbocycles. The first-order valence-electron chi connectivity index (χ1n) is 10.2. The first kappa shape index (κ1) is 21.9. The lowest BCUT2D eigenvalue weighted by Gasteiger charge is -2.38. The molecular formula is C22H26F2N2O4. The molecule has 2 aliphatic heterocycles. The molecule has 30 heavy (non-hydrogen) atoms. The number of nitrogens with zero attached hydrogens (tertiary/aromatic N) is 2. The third-order valence-electron chi connectivity index (χ3n) is 5.71. The highest BCUT2D eigenvalue weighted by atomic mass is 19.2. The van der Waals surface area contributed by atoms with Crippen molar-refractivity contribution in [2.45, 2.75) is 44.6 Å². The second-order valence-electron chi connectivity index (χ2n) is 7.87. The van der Waals surface area contributed by atoms with Gasteiger partial charge < -0.3 is 14.5 Å². The summed E-state index contributed by atoms with van der Waals surface area (Å²) in [5, 5.41) is 0. The number of likely N-dealkylation sites (tertiary alicyclic amines) is 2. The summed E-state index contributed by atoms with van der Waals surface area (Å²) in [4.78, 5) is 40.5. The van der Waals surface area contributed by atoms with E-state index in [2.05, 4.69) is 0 Å². The van der Waals surface area contributed by atoms with Crippen LogP contribution in [0, 0.1) is 11.6 Å². The Kier molecular flexibility index (Phi) is 6.84. The van der Waals surface area contributed by atoms with Crippen LogP contribution in [0.15, 0.2) is 24.3 Å². The molecule has 2 aliphatic rings. The van der Waals surface area contributed by atoms with Crippen LogP contribution in [0.3, 0.4) is 0 Å². The highest BCUT2D eigenvalue weighted by molar-refractivity contribution is 5.93. The zero-order valence-electron chi connectivity index (χ0n) is 17.0. The number of ether oxygens (including phenoxy) is 1. The van der Waals surface area contributed by atoms with Gasteiger partial charge in [-0.05, 0) is 49.5 Å². The van der Waals surface area contributed by atoms with Gasteiger partial charge in [0.05, 0.1) is 12.0 Å². The van der Waals surface area contributed by atoms with Gasteiger partial charge in [0.25, 0.3) is 0 Å². The Balaban J connectivity index is 1.78. The van der Waals surface area contributed by atoms with Crippen molar-refractivity contribution >= 4 is 23.9 Å². The molecule has 0 bridgehead atoms. The second kappa shape index (κ2) is 9.36. The number of rotatable bonds is 6. The van der Waals surface area contributed by atoms with Crippen molar-refractivity contribution in [3.8, 4) is 0 Å². The molecule has 1 atom stereocenters. The van der Waals surface area contributed by atoms with Crippen LogP contribution in [-0.2, 0) is 19.1 Å². The SMILES string of the molecule is CC(=O)OCC1(CC(=O)N2CCCC2)CCCN1C(=O)/C=C/c1ccc(F)c(F)c1. The third-order valence-corrected chi connectivity index (χ3v) is 5.71. The van der Waals surface area contributed by atoms with Crippen molar-refractivity contribution in [2.24, 2.45) is 0 Å². The number of hydrogen-bond acceptors (Lipinski definition) is 4. The summed E-state index contributed by atoms with van der Waals surface area (Å²) >= 11 is 0. The molecule has 0 radical (unpaired) electrons. The van der Waals surface area contributed by atoms with E-state index in [1.54, 1.807) is 9.80 Å². The Bertz CT molecular complexity index is 852. The van der Waals surface area contributed by atoms with Crippen molar-refractivity contribution in [2.75, 3.05) is 26.2 Å². The van der Waals surface area contributed by atoms with Gasteiger partial charge in [-0.15, -0.1) is 0 Å². The molecule has 8 heteroatoms. The summed E-state index contributed by atoms with van der Waals surface area (Å²) in [6, 6.07) is 3.37. The normalized spacial score (nSPS) is 21.4. The summed E-state index contributed by atoms with van der Waals surface area (Å²) < 4.78 is 31.7. The first-order chi connectivity index (χ1) is 14.3. The third kappa shape index (κ3) is 5.04. The van der Waals surface area contributed by atoms with Gasteiger partial charge >= 0.3 is 5.97 Å². The molecule has 0 aromatic heterocycles. The molecule has 0 saturated carbocycles. The summed E-state index contributed by atoms with van der Waals surface area (Å²) in [6.45, 7) is 3.07. The zero-order chi connectivity index (χ0) is 21.7. The molecule has 6 nitrogen and oxygen atoms in total. The fourth-order valence-electron chi connectivity index (χ4n) is 4.14. The lowest BCUT2D eigenvalue weighted by molar-refractivity contribution is -0.151.